The molecule has 0 radical (unpaired) electrons. The SMILES string of the molecule is C[n+]1ccc(/C=C/c2ccc3c(c2)OCO3)cc1. The molecule has 0 atom stereocenters. The van der Waals surface area contributed by atoms with Gasteiger partial charge >= 0.3 is 0 Å². The van der Waals surface area contributed by atoms with Crippen molar-refractivity contribution in [2.45, 2.75) is 0 Å². The Morgan fingerprint density at radius 2 is 1.67 bits per heavy atom. The minimum Gasteiger partial charge on any atom is -0.454 e. The molecule has 18 heavy (non-hydrogen) atoms. The van der Waals surface area contributed by atoms with E-state index >= 15 is 0 Å². The number of rotatable bonds is 2. The molecule has 0 N–H and O–H groups in total. The van der Waals surface area contributed by atoms with E-state index < -0.39 is 0 Å². The van der Waals surface area contributed by atoms with Crippen molar-refractivity contribution in [3.8, 4) is 11.5 Å². The van der Waals surface area contributed by atoms with Gasteiger partial charge in [-0.2, -0.15) is 0 Å². The van der Waals surface area contributed by atoms with Gasteiger partial charge in [0.1, 0.15) is 7.05 Å². The highest BCUT2D eigenvalue weighted by Crippen LogP contribution is 2.32. The number of hydrogen-bond acceptors (Lipinski definition) is 2. The molecule has 3 nitrogen and oxygen atoms in total. The maximum absolute atomic E-state index is 5.35. The molecule has 1 aliphatic heterocycles. The van der Waals surface area contributed by atoms with E-state index in [0.717, 1.165) is 17.1 Å². The zero-order chi connectivity index (χ0) is 12.4. The molecule has 0 spiro atoms. The Labute approximate surface area is 106 Å². The normalized spacial score (nSPS) is 13.2. The second-order valence-corrected chi connectivity index (χ2v) is 4.24. The quantitative estimate of drug-likeness (QED) is 0.752. The van der Waals surface area contributed by atoms with Crippen LogP contribution in [0.4, 0.5) is 0 Å². The Balaban J connectivity index is 1.82. The van der Waals surface area contributed by atoms with Crippen LogP contribution < -0.4 is 14.0 Å². The summed E-state index contributed by atoms with van der Waals surface area (Å²) in [4.78, 5) is 0. The van der Waals surface area contributed by atoms with Crippen LogP contribution in [0.3, 0.4) is 0 Å². The Bertz CT molecular complexity index is 588. The van der Waals surface area contributed by atoms with Crippen molar-refractivity contribution in [1.29, 1.82) is 0 Å². The zero-order valence-electron chi connectivity index (χ0n) is 10.2. The first-order valence-electron chi connectivity index (χ1n) is 5.84. The number of ether oxygens (including phenoxy) is 2. The number of benzene rings is 1. The van der Waals surface area contributed by atoms with Gasteiger partial charge in [0.05, 0.1) is 0 Å². The van der Waals surface area contributed by atoms with Crippen LogP contribution in [-0.2, 0) is 7.05 Å². The topological polar surface area (TPSA) is 22.3 Å². The van der Waals surface area contributed by atoms with E-state index in [1.54, 1.807) is 0 Å². The van der Waals surface area contributed by atoms with Crippen molar-refractivity contribution < 1.29 is 14.0 Å². The molecule has 2 aromatic rings. The van der Waals surface area contributed by atoms with Crippen LogP contribution in [0.25, 0.3) is 12.2 Å². The van der Waals surface area contributed by atoms with Crippen LogP contribution in [0.5, 0.6) is 11.5 Å². The monoisotopic (exact) mass is 240 g/mol. The predicted octanol–water partition coefficient (Wildman–Crippen LogP) is 2.41. The van der Waals surface area contributed by atoms with E-state index in [9.17, 15) is 0 Å². The van der Waals surface area contributed by atoms with Gasteiger partial charge in [-0.3, -0.25) is 0 Å². The third-order valence-electron chi connectivity index (χ3n) is 2.87. The highest BCUT2D eigenvalue weighted by molar-refractivity contribution is 5.70. The molecule has 1 aromatic heterocycles. The lowest BCUT2D eigenvalue weighted by atomic mass is 10.1. The average molecular weight is 240 g/mol. The van der Waals surface area contributed by atoms with Gasteiger partial charge in [-0.05, 0) is 23.3 Å². The lowest BCUT2D eigenvalue weighted by molar-refractivity contribution is -0.671. The largest absolute Gasteiger partial charge is 0.454 e. The van der Waals surface area contributed by atoms with Gasteiger partial charge in [0, 0.05) is 12.1 Å². The van der Waals surface area contributed by atoms with Gasteiger partial charge in [-0.1, -0.05) is 18.2 Å². The Hall–Kier alpha value is -2.29. The molecule has 3 heteroatoms. The van der Waals surface area contributed by atoms with Crippen molar-refractivity contribution in [2.24, 2.45) is 7.05 Å². The maximum atomic E-state index is 5.35. The fourth-order valence-corrected chi connectivity index (χ4v) is 1.83. The van der Waals surface area contributed by atoms with Crippen LogP contribution >= 0.6 is 0 Å². The van der Waals surface area contributed by atoms with E-state index in [1.807, 2.05) is 42.2 Å². The van der Waals surface area contributed by atoms with Gasteiger partial charge in [-0.15, -0.1) is 0 Å². The van der Waals surface area contributed by atoms with E-state index in [-0.39, 0.29) is 0 Å². The van der Waals surface area contributed by atoms with E-state index in [2.05, 4.69) is 24.3 Å². The van der Waals surface area contributed by atoms with E-state index in [4.69, 9.17) is 9.47 Å². The molecule has 0 bridgehead atoms. The highest BCUT2D eigenvalue weighted by atomic mass is 16.7. The number of nitrogens with zero attached hydrogens (tertiary/aromatic N) is 1. The number of hydrogen-bond donors (Lipinski definition) is 0. The third kappa shape index (κ3) is 2.20. The molecule has 0 fully saturated rings. The van der Waals surface area contributed by atoms with E-state index in [1.165, 1.54) is 5.56 Å². The summed E-state index contributed by atoms with van der Waals surface area (Å²) in [7, 11) is 2.01. The standard InChI is InChI=1S/C15H14NO2/c1-16-8-6-12(7-9-16)2-3-13-4-5-14-15(10-13)18-11-17-14/h2-10H,11H2,1H3/q+1/b3-2+. The molecule has 0 aliphatic carbocycles. The summed E-state index contributed by atoms with van der Waals surface area (Å²) >= 11 is 0. The van der Waals surface area contributed by atoms with Crippen LogP contribution in [-0.4, -0.2) is 6.79 Å². The second kappa shape index (κ2) is 4.53. The van der Waals surface area contributed by atoms with Gasteiger partial charge < -0.3 is 9.47 Å². The van der Waals surface area contributed by atoms with Crippen LogP contribution in [0, 0.1) is 0 Å². The molecule has 1 aliphatic rings. The number of fused-ring (bicyclic) bond motifs is 1. The molecule has 90 valence electrons. The fourth-order valence-electron chi connectivity index (χ4n) is 1.83. The molecular formula is C15H14NO2+. The molecular weight excluding hydrogens is 226 g/mol. The lowest BCUT2D eigenvalue weighted by Gasteiger charge is -1.97. The van der Waals surface area contributed by atoms with Gasteiger partial charge in [0.15, 0.2) is 23.9 Å². The summed E-state index contributed by atoms with van der Waals surface area (Å²) in [5.74, 6) is 1.63. The van der Waals surface area contributed by atoms with Crippen molar-refractivity contribution in [2.75, 3.05) is 6.79 Å². The summed E-state index contributed by atoms with van der Waals surface area (Å²) in [6, 6.07) is 10.1. The van der Waals surface area contributed by atoms with Gasteiger partial charge in [0.2, 0.25) is 6.79 Å². The Morgan fingerprint density at radius 3 is 2.50 bits per heavy atom. The van der Waals surface area contributed by atoms with Gasteiger partial charge in [-0.25, -0.2) is 4.57 Å². The van der Waals surface area contributed by atoms with Crippen LogP contribution in [0.2, 0.25) is 0 Å². The fraction of sp³-hybridized carbons (Fsp3) is 0.133. The summed E-state index contributed by atoms with van der Waals surface area (Å²) in [5, 5.41) is 0. The van der Waals surface area contributed by atoms with Crippen molar-refractivity contribution in [1.82, 2.24) is 0 Å². The first kappa shape index (κ1) is 10.8. The molecule has 0 amide bonds. The van der Waals surface area contributed by atoms with Gasteiger partial charge in [0.25, 0.3) is 0 Å². The molecule has 0 saturated heterocycles. The lowest BCUT2D eigenvalue weighted by Crippen LogP contribution is -2.25. The second-order valence-electron chi connectivity index (χ2n) is 4.24. The molecule has 2 heterocycles. The van der Waals surface area contributed by atoms with Crippen molar-refractivity contribution >= 4 is 12.2 Å². The maximum Gasteiger partial charge on any atom is 0.231 e. The first-order chi connectivity index (χ1) is 8.81. The van der Waals surface area contributed by atoms with Crippen LogP contribution in [0.15, 0.2) is 42.7 Å². The molecule has 0 saturated carbocycles. The Morgan fingerprint density at radius 1 is 0.944 bits per heavy atom. The molecule has 0 unspecified atom stereocenters. The third-order valence-corrected chi connectivity index (χ3v) is 2.87. The smallest absolute Gasteiger partial charge is 0.231 e. The summed E-state index contributed by atoms with van der Waals surface area (Å²) in [6.45, 7) is 0.317. The van der Waals surface area contributed by atoms with E-state index in [0.29, 0.717) is 6.79 Å². The first-order valence-corrected chi connectivity index (χ1v) is 5.84. The van der Waals surface area contributed by atoms with Crippen molar-refractivity contribution in [3.05, 3.63) is 53.9 Å². The average Bonchev–Trinajstić information content (AvgIpc) is 2.85. The zero-order valence-corrected chi connectivity index (χ0v) is 10.2. The number of aryl methyl sites for hydroxylation is 1. The predicted molar refractivity (Wildman–Crippen MR) is 69.1 cm³/mol. The molecule has 3 rings (SSSR count). The van der Waals surface area contributed by atoms with Crippen LogP contribution in [0.1, 0.15) is 11.1 Å². The highest BCUT2D eigenvalue weighted by Gasteiger charge is 2.11. The minimum absolute atomic E-state index is 0.317. The number of aromatic nitrogens is 1. The number of pyridine rings is 1. The Kier molecular flexibility index (Phi) is 2.73. The van der Waals surface area contributed by atoms with Crippen molar-refractivity contribution in [3.63, 3.8) is 0 Å². The summed E-state index contributed by atoms with van der Waals surface area (Å²) < 4.78 is 12.6. The summed E-state index contributed by atoms with van der Waals surface area (Å²) in [5.41, 5.74) is 2.28. The molecule has 1 aromatic carbocycles. The summed E-state index contributed by atoms with van der Waals surface area (Å²) in [6.07, 6.45) is 8.20. The minimum atomic E-state index is 0.317.